The molecule has 6 nitrogen and oxygen atoms in total. The number of para-hydroxylation sites is 1. The highest BCUT2D eigenvalue weighted by Gasteiger charge is 2.13. The Morgan fingerprint density at radius 2 is 1.77 bits per heavy atom. The normalized spacial score (nSPS) is 10.8. The molecule has 0 saturated heterocycles. The second-order valence-corrected chi connectivity index (χ2v) is 5.75. The first-order chi connectivity index (χ1) is 12.7. The van der Waals surface area contributed by atoms with Gasteiger partial charge in [-0.25, -0.2) is 9.67 Å². The highest BCUT2D eigenvalue weighted by molar-refractivity contribution is 5.80. The van der Waals surface area contributed by atoms with Crippen molar-refractivity contribution in [2.24, 2.45) is 0 Å². The first kappa shape index (κ1) is 16.0. The molecular formula is C20H17N3O3. The molecule has 0 radical (unpaired) electrons. The molecule has 4 rings (SSSR count). The van der Waals surface area contributed by atoms with Crippen molar-refractivity contribution in [3.8, 4) is 28.4 Å². The third-order valence-electron chi connectivity index (χ3n) is 4.25. The average molecular weight is 347 g/mol. The molecule has 6 heteroatoms. The number of rotatable bonds is 4. The molecule has 2 heterocycles. The van der Waals surface area contributed by atoms with Gasteiger partial charge in [0.15, 0.2) is 5.65 Å². The molecule has 0 spiro atoms. The number of hydrogen-bond donors (Lipinski definition) is 1. The van der Waals surface area contributed by atoms with E-state index in [4.69, 9.17) is 9.47 Å². The zero-order valence-electron chi connectivity index (χ0n) is 14.4. The van der Waals surface area contributed by atoms with Gasteiger partial charge in [-0.3, -0.25) is 9.89 Å². The predicted molar refractivity (Wildman–Crippen MR) is 100 cm³/mol. The van der Waals surface area contributed by atoms with Crippen LogP contribution in [0, 0.1) is 0 Å². The monoisotopic (exact) mass is 347 g/mol. The topological polar surface area (TPSA) is 69.1 Å². The van der Waals surface area contributed by atoms with Crippen molar-refractivity contribution in [3.63, 3.8) is 0 Å². The fraction of sp³-hybridized carbons (Fsp3) is 0.100. The summed E-state index contributed by atoms with van der Waals surface area (Å²) in [4.78, 5) is 17.3. The summed E-state index contributed by atoms with van der Waals surface area (Å²) in [6, 6.07) is 18.5. The van der Waals surface area contributed by atoms with E-state index < -0.39 is 0 Å². The van der Waals surface area contributed by atoms with Crippen molar-refractivity contribution in [1.82, 2.24) is 14.8 Å². The summed E-state index contributed by atoms with van der Waals surface area (Å²) in [5.41, 5.74) is 2.68. The van der Waals surface area contributed by atoms with Crippen LogP contribution in [0.15, 0.2) is 65.5 Å². The van der Waals surface area contributed by atoms with Crippen LogP contribution in [0.25, 0.3) is 28.0 Å². The molecule has 0 atom stereocenters. The van der Waals surface area contributed by atoms with Crippen LogP contribution in [0.2, 0.25) is 0 Å². The maximum absolute atomic E-state index is 12.6. The lowest BCUT2D eigenvalue weighted by molar-refractivity contribution is 0.395. The number of pyridine rings is 1. The Labute approximate surface area is 149 Å². The van der Waals surface area contributed by atoms with E-state index >= 15 is 0 Å². The van der Waals surface area contributed by atoms with E-state index in [0.29, 0.717) is 28.2 Å². The largest absolute Gasteiger partial charge is 0.497 e. The van der Waals surface area contributed by atoms with Crippen LogP contribution in [-0.4, -0.2) is 29.0 Å². The van der Waals surface area contributed by atoms with E-state index in [2.05, 4.69) is 10.1 Å². The van der Waals surface area contributed by atoms with Crippen LogP contribution >= 0.6 is 0 Å². The van der Waals surface area contributed by atoms with Crippen molar-refractivity contribution in [2.45, 2.75) is 0 Å². The number of hydrogen-bond acceptors (Lipinski definition) is 4. The smallest absolute Gasteiger partial charge is 0.280 e. The second-order valence-electron chi connectivity index (χ2n) is 5.75. The minimum Gasteiger partial charge on any atom is -0.497 e. The zero-order valence-corrected chi connectivity index (χ0v) is 14.4. The first-order valence-corrected chi connectivity index (χ1v) is 8.11. The van der Waals surface area contributed by atoms with Crippen LogP contribution in [-0.2, 0) is 0 Å². The molecule has 0 aliphatic heterocycles. The van der Waals surface area contributed by atoms with E-state index in [0.717, 1.165) is 11.3 Å². The fourth-order valence-corrected chi connectivity index (χ4v) is 2.91. The number of nitrogens with one attached hydrogen (secondary N) is 1. The molecule has 0 aliphatic carbocycles. The summed E-state index contributed by atoms with van der Waals surface area (Å²) in [5.74, 6) is 1.36. The van der Waals surface area contributed by atoms with Gasteiger partial charge < -0.3 is 9.47 Å². The summed E-state index contributed by atoms with van der Waals surface area (Å²) in [6.07, 6.45) is 0. The highest BCUT2D eigenvalue weighted by atomic mass is 16.5. The molecular weight excluding hydrogens is 330 g/mol. The van der Waals surface area contributed by atoms with Gasteiger partial charge in [-0.2, -0.15) is 0 Å². The van der Waals surface area contributed by atoms with E-state index in [1.165, 1.54) is 4.68 Å². The van der Waals surface area contributed by atoms with Gasteiger partial charge in [0, 0.05) is 11.6 Å². The molecule has 0 amide bonds. The lowest BCUT2D eigenvalue weighted by Gasteiger charge is -2.09. The quantitative estimate of drug-likeness (QED) is 0.614. The van der Waals surface area contributed by atoms with Crippen LogP contribution < -0.4 is 15.0 Å². The third-order valence-corrected chi connectivity index (χ3v) is 4.25. The number of aromatic amines is 1. The molecule has 2 aromatic carbocycles. The standard InChI is InChI=1S/C20H17N3O3/c1-25-14-8-9-15(18(12-14)26-2)17-11-10-16-19(21-17)22-23(20(16)24)13-6-4-3-5-7-13/h3-12H,1-2H3,(H,21,22). The summed E-state index contributed by atoms with van der Waals surface area (Å²) < 4.78 is 12.2. The Hall–Kier alpha value is -3.54. The number of aromatic nitrogens is 3. The van der Waals surface area contributed by atoms with Gasteiger partial charge in [-0.05, 0) is 36.4 Å². The van der Waals surface area contributed by atoms with Gasteiger partial charge in [0.05, 0.1) is 31.0 Å². The minimum atomic E-state index is -0.132. The van der Waals surface area contributed by atoms with Gasteiger partial charge >= 0.3 is 0 Å². The molecule has 0 unspecified atom stereocenters. The number of benzene rings is 2. The van der Waals surface area contributed by atoms with Crippen LogP contribution in [0.5, 0.6) is 11.5 Å². The number of H-pyrrole nitrogens is 1. The molecule has 26 heavy (non-hydrogen) atoms. The average Bonchev–Trinajstić information content (AvgIpc) is 3.04. The molecule has 1 N–H and O–H groups in total. The first-order valence-electron chi connectivity index (χ1n) is 8.11. The maximum atomic E-state index is 12.6. The summed E-state index contributed by atoms with van der Waals surface area (Å²) in [7, 11) is 3.21. The van der Waals surface area contributed by atoms with Crippen molar-refractivity contribution < 1.29 is 9.47 Å². The maximum Gasteiger partial charge on any atom is 0.280 e. The minimum absolute atomic E-state index is 0.132. The van der Waals surface area contributed by atoms with E-state index in [-0.39, 0.29) is 5.56 Å². The van der Waals surface area contributed by atoms with E-state index in [1.807, 2.05) is 48.5 Å². The number of methoxy groups -OCH3 is 2. The molecule has 0 bridgehead atoms. The van der Waals surface area contributed by atoms with E-state index in [9.17, 15) is 4.79 Å². The Morgan fingerprint density at radius 1 is 0.962 bits per heavy atom. The van der Waals surface area contributed by atoms with E-state index in [1.54, 1.807) is 26.4 Å². The molecule has 0 aliphatic rings. The molecule has 0 fully saturated rings. The highest BCUT2D eigenvalue weighted by Crippen LogP contribution is 2.32. The fourth-order valence-electron chi connectivity index (χ4n) is 2.91. The molecule has 130 valence electrons. The Bertz CT molecular complexity index is 1130. The summed E-state index contributed by atoms with van der Waals surface area (Å²) in [6.45, 7) is 0. The molecule has 4 aromatic rings. The second kappa shape index (κ2) is 6.40. The molecule has 2 aromatic heterocycles. The Balaban J connectivity index is 1.86. The zero-order chi connectivity index (χ0) is 18.1. The number of ether oxygens (including phenoxy) is 2. The van der Waals surface area contributed by atoms with Gasteiger partial charge in [0.2, 0.25) is 0 Å². The summed E-state index contributed by atoms with van der Waals surface area (Å²) in [5, 5.41) is 3.61. The lowest BCUT2D eigenvalue weighted by atomic mass is 10.1. The van der Waals surface area contributed by atoms with Gasteiger partial charge in [0.25, 0.3) is 5.56 Å². The van der Waals surface area contributed by atoms with Crippen LogP contribution in [0.1, 0.15) is 0 Å². The predicted octanol–water partition coefficient (Wildman–Crippen LogP) is 3.40. The molecule has 0 saturated carbocycles. The SMILES string of the molecule is COc1ccc(-c2ccc3c(=O)n(-c4ccccc4)[nH]c3n2)c(OC)c1. The Kier molecular flexibility index (Phi) is 3.93. The Morgan fingerprint density at radius 3 is 2.50 bits per heavy atom. The lowest BCUT2D eigenvalue weighted by Crippen LogP contribution is -2.13. The number of fused-ring (bicyclic) bond motifs is 1. The summed E-state index contributed by atoms with van der Waals surface area (Å²) >= 11 is 0. The van der Waals surface area contributed by atoms with Crippen molar-refractivity contribution in [3.05, 3.63) is 71.0 Å². The van der Waals surface area contributed by atoms with Crippen molar-refractivity contribution >= 4 is 11.0 Å². The van der Waals surface area contributed by atoms with Crippen molar-refractivity contribution in [2.75, 3.05) is 14.2 Å². The third kappa shape index (κ3) is 2.61. The van der Waals surface area contributed by atoms with Gasteiger partial charge in [-0.1, -0.05) is 18.2 Å². The van der Waals surface area contributed by atoms with Crippen LogP contribution in [0.4, 0.5) is 0 Å². The van der Waals surface area contributed by atoms with Crippen LogP contribution in [0.3, 0.4) is 0 Å². The van der Waals surface area contributed by atoms with Gasteiger partial charge in [0.1, 0.15) is 11.5 Å². The number of nitrogens with zero attached hydrogens (tertiary/aromatic N) is 2. The van der Waals surface area contributed by atoms with Gasteiger partial charge in [-0.15, -0.1) is 0 Å². The van der Waals surface area contributed by atoms with Crippen molar-refractivity contribution in [1.29, 1.82) is 0 Å².